The minimum atomic E-state index is -0.00287. The molecule has 20 heavy (non-hydrogen) atoms. The Labute approximate surface area is 117 Å². The first-order valence-electron chi connectivity index (χ1n) is 6.52. The molecule has 1 heterocycles. The largest absolute Gasteiger partial charge is 0.459 e. The van der Waals surface area contributed by atoms with Crippen LogP contribution in [-0.2, 0) is 0 Å². The molecule has 3 rings (SSSR count). The Morgan fingerprint density at radius 1 is 1.10 bits per heavy atom. The molecule has 0 bridgehead atoms. The number of anilines is 1. The van der Waals surface area contributed by atoms with Crippen LogP contribution in [0.25, 0.3) is 11.0 Å². The van der Waals surface area contributed by atoms with Gasteiger partial charge in [0.2, 0.25) is 0 Å². The number of furan rings is 1. The summed E-state index contributed by atoms with van der Waals surface area (Å²) in [6, 6.07) is 19.6. The van der Waals surface area contributed by atoms with Crippen molar-refractivity contribution in [3.8, 4) is 6.07 Å². The first kappa shape index (κ1) is 12.3. The zero-order valence-electron chi connectivity index (χ0n) is 11.1. The zero-order valence-corrected chi connectivity index (χ0v) is 11.1. The Morgan fingerprint density at radius 2 is 1.85 bits per heavy atom. The summed E-state index contributed by atoms with van der Waals surface area (Å²) < 4.78 is 5.83. The first-order valence-corrected chi connectivity index (χ1v) is 6.52. The molecule has 2 aromatic carbocycles. The molecule has 0 fully saturated rings. The van der Waals surface area contributed by atoms with Gasteiger partial charge in [-0.2, -0.15) is 5.26 Å². The van der Waals surface area contributed by atoms with Gasteiger partial charge in [0.25, 0.3) is 0 Å². The fourth-order valence-corrected chi connectivity index (χ4v) is 2.23. The van der Waals surface area contributed by atoms with Gasteiger partial charge in [0.05, 0.1) is 17.3 Å². The summed E-state index contributed by atoms with van der Waals surface area (Å²) in [5.74, 6) is 0.860. The second-order valence-electron chi connectivity index (χ2n) is 4.71. The maximum atomic E-state index is 9.10. The van der Waals surface area contributed by atoms with Crippen molar-refractivity contribution in [1.29, 1.82) is 5.26 Å². The Kier molecular flexibility index (Phi) is 3.14. The monoisotopic (exact) mass is 262 g/mol. The van der Waals surface area contributed by atoms with Gasteiger partial charge in [-0.05, 0) is 31.2 Å². The number of fused-ring (bicyclic) bond motifs is 1. The van der Waals surface area contributed by atoms with E-state index >= 15 is 0 Å². The SMILES string of the molecule is CC(Nc1ccccc1C#N)c1cc2ccccc2o1. The number of nitrogens with one attached hydrogen (secondary N) is 1. The quantitative estimate of drug-likeness (QED) is 0.757. The highest BCUT2D eigenvalue weighted by Crippen LogP contribution is 2.27. The molecule has 1 unspecified atom stereocenters. The van der Waals surface area contributed by atoms with Crippen LogP contribution in [0.2, 0.25) is 0 Å². The van der Waals surface area contributed by atoms with E-state index in [-0.39, 0.29) is 6.04 Å². The van der Waals surface area contributed by atoms with Crippen molar-refractivity contribution in [2.24, 2.45) is 0 Å². The normalized spacial score (nSPS) is 12.0. The number of para-hydroxylation sites is 2. The highest BCUT2D eigenvalue weighted by molar-refractivity contribution is 5.78. The lowest BCUT2D eigenvalue weighted by Gasteiger charge is -2.13. The molecule has 1 N–H and O–H groups in total. The van der Waals surface area contributed by atoms with E-state index in [0.717, 1.165) is 22.4 Å². The molecule has 98 valence electrons. The Balaban J connectivity index is 1.89. The first-order chi connectivity index (χ1) is 9.78. The van der Waals surface area contributed by atoms with Crippen LogP contribution >= 0.6 is 0 Å². The molecule has 0 saturated heterocycles. The molecule has 0 aliphatic carbocycles. The van der Waals surface area contributed by atoms with E-state index in [2.05, 4.69) is 11.4 Å². The van der Waals surface area contributed by atoms with E-state index in [9.17, 15) is 0 Å². The zero-order chi connectivity index (χ0) is 13.9. The lowest BCUT2D eigenvalue weighted by molar-refractivity contribution is 0.526. The maximum Gasteiger partial charge on any atom is 0.134 e. The van der Waals surface area contributed by atoms with Crippen LogP contribution < -0.4 is 5.32 Å². The maximum absolute atomic E-state index is 9.10. The van der Waals surface area contributed by atoms with Crippen LogP contribution in [0.4, 0.5) is 5.69 Å². The predicted octanol–water partition coefficient (Wildman–Crippen LogP) is 4.48. The lowest BCUT2D eigenvalue weighted by atomic mass is 10.1. The third-order valence-corrected chi connectivity index (χ3v) is 3.29. The van der Waals surface area contributed by atoms with E-state index in [0.29, 0.717) is 5.56 Å². The molecular formula is C17H14N2O. The van der Waals surface area contributed by atoms with E-state index in [4.69, 9.17) is 9.68 Å². The number of benzene rings is 2. The summed E-state index contributed by atoms with van der Waals surface area (Å²) in [6.07, 6.45) is 0. The van der Waals surface area contributed by atoms with E-state index < -0.39 is 0 Å². The molecule has 3 nitrogen and oxygen atoms in total. The second kappa shape index (κ2) is 5.10. The van der Waals surface area contributed by atoms with Gasteiger partial charge in [0.1, 0.15) is 17.4 Å². The topological polar surface area (TPSA) is 49.0 Å². The van der Waals surface area contributed by atoms with Crippen LogP contribution in [0.15, 0.2) is 59.0 Å². The lowest BCUT2D eigenvalue weighted by Crippen LogP contribution is -2.06. The van der Waals surface area contributed by atoms with Gasteiger partial charge in [-0.25, -0.2) is 0 Å². The van der Waals surface area contributed by atoms with Gasteiger partial charge in [0.15, 0.2) is 0 Å². The summed E-state index contributed by atoms with van der Waals surface area (Å²) >= 11 is 0. The number of hydrogen-bond donors (Lipinski definition) is 1. The van der Waals surface area contributed by atoms with Crippen LogP contribution in [0.1, 0.15) is 24.3 Å². The van der Waals surface area contributed by atoms with Gasteiger partial charge >= 0.3 is 0 Å². The molecular weight excluding hydrogens is 248 g/mol. The molecule has 0 radical (unpaired) electrons. The van der Waals surface area contributed by atoms with Crippen LogP contribution in [0.3, 0.4) is 0 Å². The van der Waals surface area contributed by atoms with Crippen LogP contribution in [-0.4, -0.2) is 0 Å². The summed E-state index contributed by atoms with van der Waals surface area (Å²) in [4.78, 5) is 0. The number of hydrogen-bond acceptors (Lipinski definition) is 3. The van der Waals surface area contributed by atoms with Crippen LogP contribution in [0.5, 0.6) is 0 Å². The summed E-state index contributed by atoms with van der Waals surface area (Å²) in [6.45, 7) is 2.02. The van der Waals surface area contributed by atoms with E-state index in [1.807, 2.05) is 55.5 Å². The standard InChI is InChI=1S/C17H14N2O/c1-12(19-15-8-4-2-7-14(15)11-18)17-10-13-6-3-5-9-16(13)20-17/h2-10,12,19H,1H3. The molecule has 0 aliphatic rings. The summed E-state index contributed by atoms with van der Waals surface area (Å²) in [7, 11) is 0. The molecule has 1 atom stereocenters. The van der Waals surface area contributed by atoms with Crippen molar-refractivity contribution < 1.29 is 4.42 Å². The van der Waals surface area contributed by atoms with Crippen molar-refractivity contribution in [2.45, 2.75) is 13.0 Å². The number of nitrogens with zero attached hydrogens (tertiary/aromatic N) is 1. The Hall–Kier alpha value is -2.73. The second-order valence-corrected chi connectivity index (χ2v) is 4.71. The average Bonchev–Trinajstić information content (AvgIpc) is 2.92. The summed E-state index contributed by atoms with van der Waals surface area (Å²) in [5, 5.41) is 13.5. The van der Waals surface area contributed by atoms with Crippen molar-refractivity contribution >= 4 is 16.7 Å². The number of rotatable bonds is 3. The van der Waals surface area contributed by atoms with E-state index in [1.165, 1.54) is 0 Å². The highest BCUT2D eigenvalue weighted by Gasteiger charge is 2.12. The molecule has 0 spiro atoms. The van der Waals surface area contributed by atoms with Crippen molar-refractivity contribution in [2.75, 3.05) is 5.32 Å². The third-order valence-electron chi connectivity index (χ3n) is 3.29. The fourth-order valence-electron chi connectivity index (χ4n) is 2.23. The molecule has 0 saturated carbocycles. The average molecular weight is 262 g/mol. The molecule has 0 aliphatic heterocycles. The van der Waals surface area contributed by atoms with Crippen LogP contribution in [0, 0.1) is 11.3 Å². The Bertz CT molecular complexity index is 750. The van der Waals surface area contributed by atoms with Crippen molar-refractivity contribution in [1.82, 2.24) is 0 Å². The minimum absolute atomic E-state index is 0.00287. The van der Waals surface area contributed by atoms with Gasteiger partial charge in [0, 0.05) is 5.39 Å². The Morgan fingerprint density at radius 3 is 2.65 bits per heavy atom. The summed E-state index contributed by atoms with van der Waals surface area (Å²) in [5.41, 5.74) is 2.34. The van der Waals surface area contributed by atoms with Crippen molar-refractivity contribution in [3.05, 3.63) is 65.9 Å². The molecule has 3 heteroatoms. The highest BCUT2D eigenvalue weighted by atomic mass is 16.3. The van der Waals surface area contributed by atoms with Gasteiger partial charge in [-0.3, -0.25) is 0 Å². The van der Waals surface area contributed by atoms with Crippen molar-refractivity contribution in [3.63, 3.8) is 0 Å². The fraction of sp³-hybridized carbons (Fsp3) is 0.118. The van der Waals surface area contributed by atoms with Gasteiger partial charge in [-0.1, -0.05) is 30.3 Å². The minimum Gasteiger partial charge on any atom is -0.459 e. The number of nitriles is 1. The van der Waals surface area contributed by atoms with Gasteiger partial charge in [-0.15, -0.1) is 0 Å². The molecule has 3 aromatic rings. The smallest absolute Gasteiger partial charge is 0.134 e. The third kappa shape index (κ3) is 2.24. The predicted molar refractivity (Wildman–Crippen MR) is 79.4 cm³/mol. The molecule has 0 amide bonds. The van der Waals surface area contributed by atoms with Gasteiger partial charge < -0.3 is 9.73 Å². The van der Waals surface area contributed by atoms with E-state index in [1.54, 1.807) is 6.07 Å². The molecule has 1 aromatic heterocycles.